The number of fused-ring (bicyclic) bond motifs is 3. The number of benzene rings is 2. The van der Waals surface area contributed by atoms with Crippen LogP contribution in [0.5, 0.6) is 23.0 Å². The van der Waals surface area contributed by atoms with Crippen molar-refractivity contribution in [3.63, 3.8) is 0 Å². The molecule has 0 atom stereocenters. The zero-order valence-electron chi connectivity index (χ0n) is 18.3. The van der Waals surface area contributed by atoms with Gasteiger partial charge in [-0.15, -0.1) is 0 Å². The van der Waals surface area contributed by atoms with Gasteiger partial charge in [-0.1, -0.05) is 0 Å². The van der Waals surface area contributed by atoms with E-state index in [2.05, 4.69) is 39.6 Å². The van der Waals surface area contributed by atoms with Crippen LogP contribution in [-0.2, 0) is 17.4 Å². The summed E-state index contributed by atoms with van der Waals surface area (Å²) in [6, 6.07) is 7.17. The van der Waals surface area contributed by atoms with Crippen LogP contribution in [0.25, 0.3) is 11.0 Å². The maximum Gasteiger partial charge on any atom is 1.00 e. The fourth-order valence-corrected chi connectivity index (χ4v) is 3.27. The molecule has 6 N–H and O–H groups in total. The number of H-pyrrole nitrogens is 2. The largest absolute Gasteiger partial charge is 1.00 e. The molecule has 3 heterocycles. The van der Waals surface area contributed by atoms with Gasteiger partial charge in [0.15, 0.2) is 27.8 Å². The summed E-state index contributed by atoms with van der Waals surface area (Å²) in [6.45, 7) is 4.76. The molecule has 0 fully saturated rings. The minimum absolute atomic E-state index is 0. The monoisotopic (exact) mass is 534 g/mol. The fourth-order valence-electron chi connectivity index (χ4n) is 2.81. The predicted octanol–water partition coefficient (Wildman–Crippen LogP) is 0.478. The number of hydrogen-bond donors (Lipinski definition) is 4. The van der Waals surface area contributed by atoms with Crippen LogP contribution >= 0.6 is 24.4 Å². The molecule has 0 saturated carbocycles. The Kier molecular flexibility index (Phi) is 11.5. The Morgan fingerprint density at radius 3 is 1.55 bits per heavy atom. The fraction of sp³-hybridized carbons (Fsp3) is 0.300. The normalized spacial score (nSPS) is 12.8. The van der Waals surface area contributed by atoms with Crippen molar-refractivity contribution in [3.05, 3.63) is 29.0 Å². The van der Waals surface area contributed by atoms with Gasteiger partial charge >= 0.3 is 51.4 Å². The van der Waals surface area contributed by atoms with Gasteiger partial charge in [-0.25, -0.2) is 0 Å². The number of rotatable bonds is 1. The molecule has 13 heteroatoms. The van der Waals surface area contributed by atoms with E-state index in [1.54, 1.807) is 12.1 Å². The van der Waals surface area contributed by atoms with Crippen LogP contribution in [0.4, 0.5) is 11.4 Å². The molecule has 33 heavy (non-hydrogen) atoms. The van der Waals surface area contributed by atoms with Gasteiger partial charge in [-0.3, -0.25) is 0 Å². The van der Waals surface area contributed by atoms with E-state index in [1.165, 1.54) is 0 Å². The van der Waals surface area contributed by atoms with Crippen molar-refractivity contribution < 1.29 is 75.1 Å². The van der Waals surface area contributed by atoms with Crippen LogP contribution in [0.1, 0.15) is 6.92 Å². The Morgan fingerprint density at radius 1 is 0.879 bits per heavy atom. The molecular weight excluding hydrogens is 512 g/mol. The predicted molar refractivity (Wildman–Crippen MR) is 132 cm³/mol. The van der Waals surface area contributed by atoms with Crippen LogP contribution in [0.3, 0.4) is 0 Å². The summed E-state index contributed by atoms with van der Waals surface area (Å²) in [7, 11) is 0. The zero-order valence-corrected chi connectivity index (χ0v) is 23.8. The van der Waals surface area contributed by atoms with Crippen molar-refractivity contribution in [1.29, 1.82) is 0 Å². The van der Waals surface area contributed by atoms with Gasteiger partial charge in [0.25, 0.3) is 0 Å². The molecule has 0 spiro atoms. The zero-order chi connectivity index (χ0) is 23.1. The number of nitrogens with one attached hydrogen (secondary N) is 2. The smallest absolute Gasteiger partial charge is 0.514 e. The van der Waals surface area contributed by atoms with Crippen molar-refractivity contribution in [2.45, 2.75) is 6.92 Å². The Hall–Kier alpha value is -1.32. The topological polar surface area (TPSA) is 130 Å². The summed E-state index contributed by atoms with van der Waals surface area (Å²) in [4.78, 5) is 6.06. The van der Waals surface area contributed by atoms with Crippen LogP contribution in [-0.4, -0.2) is 47.4 Å². The number of anilines is 2. The molecule has 0 aliphatic carbocycles. The van der Waals surface area contributed by atoms with E-state index in [0.717, 1.165) is 22.5 Å². The Labute approximate surface area is 249 Å². The molecule has 172 valence electrons. The van der Waals surface area contributed by atoms with E-state index in [4.69, 9.17) is 42.6 Å². The number of aromatic amines is 2. The number of thiocarbonyl (C=S) groups is 1. The Balaban J connectivity index is 0.000000187. The SMILES string of the molecule is CCOC(=S)[S-].Nc1cc2c(cc1N)OCCO2.S=c1[nH]c2cc3c(cc2[nH]1)OCCO3.[K+]. The van der Waals surface area contributed by atoms with Crippen molar-refractivity contribution in [2.24, 2.45) is 0 Å². The molecule has 3 aromatic rings. The molecule has 0 unspecified atom stereocenters. The van der Waals surface area contributed by atoms with E-state index in [1.807, 2.05) is 19.1 Å². The van der Waals surface area contributed by atoms with E-state index in [9.17, 15) is 0 Å². The number of nitrogens with two attached hydrogens (primary N) is 2. The van der Waals surface area contributed by atoms with Gasteiger partial charge in [0.1, 0.15) is 26.4 Å². The molecule has 0 bridgehead atoms. The summed E-state index contributed by atoms with van der Waals surface area (Å²) in [6.07, 6.45) is 0. The third-order valence-corrected chi connectivity index (χ3v) is 4.63. The maximum absolute atomic E-state index is 5.58. The Morgan fingerprint density at radius 2 is 1.24 bits per heavy atom. The van der Waals surface area contributed by atoms with Gasteiger partial charge in [0.05, 0.1) is 29.0 Å². The number of imidazole rings is 1. The first-order chi connectivity index (χ1) is 15.4. The molecule has 0 saturated heterocycles. The van der Waals surface area contributed by atoms with Crippen LogP contribution in [0.2, 0.25) is 0 Å². The minimum Gasteiger partial charge on any atom is -0.514 e. The van der Waals surface area contributed by atoms with Gasteiger partial charge in [-0.05, 0) is 19.1 Å². The second-order valence-corrected chi connectivity index (χ2v) is 7.84. The minimum atomic E-state index is 0. The summed E-state index contributed by atoms with van der Waals surface area (Å²) in [5.41, 5.74) is 14.1. The molecule has 9 nitrogen and oxygen atoms in total. The quantitative estimate of drug-likeness (QED) is 0.151. The standard InChI is InChI=1S/C9H8N2O2S.C8H10N2O2.C3H6OS2.K/c14-9-10-5-3-7-8(4-6(5)11-9)13-2-1-12-7;9-5-3-7-8(4-6(5)10)12-2-1-11-7;1-2-4-3(5)6;/h3-4H,1-2H2,(H2,10,11,14);3-4H,1-2,9-10H2;2H2,1H3,(H,5,6);/q;;;+1/p-1. The number of hydrogen-bond acceptors (Lipinski definition) is 10. The van der Waals surface area contributed by atoms with Gasteiger partial charge in [0, 0.05) is 28.6 Å². The molecule has 0 radical (unpaired) electrons. The number of aromatic nitrogens is 2. The van der Waals surface area contributed by atoms with Crippen LogP contribution in [0.15, 0.2) is 24.3 Å². The first-order valence-corrected chi connectivity index (χ1v) is 10.9. The first-order valence-electron chi connectivity index (χ1n) is 9.67. The van der Waals surface area contributed by atoms with Crippen LogP contribution < -0.4 is 81.8 Å². The van der Waals surface area contributed by atoms with E-state index < -0.39 is 0 Å². The first kappa shape index (κ1) is 27.9. The molecule has 5 rings (SSSR count). The summed E-state index contributed by atoms with van der Waals surface area (Å²) < 4.78 is 26.9. The number of nitrogen functional groups attached to an aromatic ring is 2. The van der Waals surface area contributed by atoms with Crippen molar-refractivity contribution >= 4 is 63.9 Å². The summed E-state index contributed by atoms with van der Waals surface area (Å²) in [5.74, 6) is 2.89. The second kappa shape index (κ2) is 13.5. The van der Waals surface area contributed by atoms with Gasteiger partial charge in [0.2, 0.25) is 0 Å². The van der Waals surface area contributed by atoms with Crippen molar-refractivity contribution in [2.75, 3.05) is 44.5 Å². The second-order valence-electron chi connectivity index (χ2n) is 6.43. The average molecular weight is 535 g/mol. The molecule has 1 aromatic heterocycles. The number of ether oxygens (including phenoxy) is 5. The van der Waals surface area contributed by atoms with Crippen molar-refractivity contribution in [1.82, 2.24) is 9.97 Å². The van der Waals surface area contributed by atoms with E-state index in [0.29, 0.717) is 60.7 Å². The van der Waals surface area contributed by atoms with Crippen LogP contribution in [0, 0.1) is 4.77 Å². The average Bonchev–Trinajstić information content (AvgIpc) is 3.12. The Bertz CT molecular complexity index is 1080. The van der Waals surface area contributed by atoms with Gasteiger partial charge < -0.3 is 70.0 Å². The van der Waals surface area contributed by atoms with E-state index in [-0.39, 0.29) is 55.8 Å². The van der Waals surface area contributed by atoms with Crippen molar-refractivity contribution in [3.8, 4) is 23.0 Å². The third kappa shape index (κ3) is 8.14. The molecular formula is C20H23KN4O5S3. The molecule has 2 aromatic carbocycles. The van der Waals surface area contributed by atoms with Gasteiger partial charge in [-0.2, -0.15) is 0 Å². The third-order valence-electron chi connectivity index (χ3n) is 4.19. The molecule has 0 amide bonds. The summed E-state index contributed by atoms with van der Waals surface area (Å²) in [5, 5.41) is 0. The molecule has 2 aliphatic rings. The van der Waals surface area contributed by atoms with E-state index >= 15 is 0 Å². The summed E-state index contributed by atoms with van der Waals surface area (Å²) >= 11 is 13.8. The molecule has 2 aliphatic heterocycles. The maximum atomic E-state index is 5.58.